The first kappa shape index (κ1) is 15.7. The Hall–Kier alpha value is -1.73. The van der Waals surface area contributed by atoms with Crippen LogP contribution in [-0.4, -0.2) is 20.9 Å². The lowest BCUT2D eigenvalue weighted by atomic mass is 10.2. The Bertz CT molecular complexity index is 698. The molecule has 0 amide bonds. The minimum Gasteiger partial charge on any atom is -0.478 e. The largest absolute Gasteiger partial charge is 0.478 e. The molecule has 21 heavy (non-hydrogen) atoms. The fourth-order valence-corrected chi connectivity index (χ4v) is 2.22. The molecule has 1 heterocycles. The number of benzene rings is 1. The number of halogens is 5. The summed E-state index contributed by atoms with van der Waals surface area (Å²) in [4.78, 5) is 11.0. The van der Waals surface area contributed by atoms with E-state index in [4.69, 9.17) is 28.3 Å². The number of aromatic nitrogens is 2. The van der Waals surface area contributed by atoms with Crippen molar-refractivity contribution in [1.29, 1.82) is 0 Å². The average molecular weight is 339 g/mol. The summed E-state index contributed by atoms with van der Waals surface area (Å²) < 4.78 is 39.1. The molecule has 2 aromatic rings. The molecule has 1 N–H and O–H groups in total. The molecule has 0 saturated heterocycles. The van der Waals surface area contributed by atoms with Crippen molar-refractivity contribution in [3.05, 3.63) is 51.3 Å². The summed E-state index contributed by atoms with van der Waals surface area (Å²) in [6.07, 6.45) is -4.91. The van der Waals surface area contributed by atoms with Gasteiger partial charge in [-0.1, -0.05) is 35.3 Å². The first-order valence-electron chi connectivity index (χ1n) is 5.51. The second-order valence-electron chi connectivity index (χ2n) is 4.10. The molecule has 0 atom stereocenters. The number of hydrogen-bond acceptors (Lipinski definition) is 2. The van der Waals surface area contributed by atoms with Gasteiger partial charge in [-0.3, -0.25) is 0 Å². The highest BCUT2D eigenvalue weighted by molar-refractivity contribution is 6.32. The summed E-state index contributed by atoms with van der Waals surface area (Å²) in [6, 6.07) is 6.34. The van der Waals surface area contributed by atoms with Crippen LogP contribution >= 0.6 is 23.2 Å². The van der Waals surface area contributed by atoms with Gasteiger partial charge in [0.15, 0.2) is 5.69 Å². The van der Waals surface area contributed by atoms with Crippen molar-refractivity contribution in [2.24, 2.45) is 0 Å². The molecule has 0 aliphatic heterocycles. The lowest BCUT2D eigenvalue weighted by Crippen LogP contribution is -2.12. The van der Waals surface area contributed by atoms with Crippen LogP contribution in [0.5, 0.6) is 0 Å². The summed E-state index contributed by atoms with van der Waals surface area (Å²) in [7, 11) is 0. The predicted molar refractivity (Wildman–Crippen MR) is 69.8 cm³/mol. The monoisotopic (exact) mass is 338 g/mol. The lowest BCUT2D eigenvalue weighted by molar-refractivity contribution is -0.142. The van der Waals surface area contributed by atoms with Crippen LogP contribution < -0.4 is 0 Å². The summed E-state index contributed by atoms with van der Waals surface area (Å²) in [6.45, 7) is -0.129. The Balaban J connectivity index is 2.48. The second kappa shape index (κ2) is 5.57. The molecule has 4 nitrogen and oxygen atoms in total. The van der Waals surface area contributed by atoms with Gasteiger partial charge in [0.05, 0.1) is 6.54 Å². The van der Waals surface area contributed by atoms with Crippen molar-refractivity contribution in [2.45, 2.75) is 12.7 Å². The SMILES string of the molecule is O=C(O)c1c(C(F)(F)F)nn(Cc2cccc(Cl)c2)c1Cl. The summed E-state index contributed by atoms with van der Waals surface area (Å²) in [5, 5.41) is 11.9. The van der Waals surface area contributed by atoms with Crippen LogP contribution in [0.4, 0.5) is 13.2 Å². The van der Waals surface area contributed by atoms with Crippen LogP contribution in [0.3, 0.4) is 0 Å². The molecule has 112 valence electrons. The highest BCUT2D eigenvalue weighted by atomic mass is 35.5. The van der Waals surface area contributed by atoms with E-state index in [0.29, 0.717) is 10.6 Å². The fourth-order valence-electron chi connectivity index (χ4n) is 1.74. The number of alkyl halides is 3. The summed E-state index contributed by atoms with van der Waals surface area (Å²) in [5.41, 5.74) is -2.05. The first-order valence-corrected chi connectivity index (χ1v) is 6.27. The molecule has 1 aromatic carbocycles. The molecule has 0 fully saturated rings. The van der Waals surface area contributed by atoms with Crippen LogP contribution in [0, 0.1) is 0 Å². The predicted octanol–water partition coefficient (Wildman–Crippen LogP) is 3.96. The number of rotatable bonds is 3. The summed E-state index contributed by atoms with van der Waals surface area (Å²) >= 11 is 11.5. The van der Waals surface area contributed by atoms with Gasteiger partial charge in [-0.05, 0) is 17.7 Å². The quantitative estimate of drug-likeness (QED) is 0.921. The third-order valence-corrected chi connectivity index (χ3v) is 3.21. The zero-order valence-electron chi connectivity index (χ0n) is 10.2. The number of hydrogen-bond donors (Lipinski definition) is 1. The van der Waals surface area contributed by atoms with E-state index in [2.05, 4.69) is 5.10 Å². The Labute approximate surface area is 126 Å². The Morgan fingerprint density at radius 3 is 2.48 bits per heavy atom. The second-order valence-corrected chi connectivity index (χ2v) is 4.90. The van der Waals surface area contributed by atoms with Gasteiger partial charge in [0.1, 0.15) is 10.7 Å². The molecule has 2 rings (SSSR count). The zero-order valence-corrected chi connectivity index (χ0v) is 11.7. The van der Waals surface area contributed by atoms with Gasteiger partial charge in [-0.25, -0.2) is 9.48 Å². The van der Waals surface area contributed by atoms with Crippen LogP contribution in [0.15, 0.2) is 24.3 Å². The van der Waals surface area contributed by atoms with Crippen molar-refractivity contribution in [1.82, 2.24) is 9.78 Å². The molecule has 0 radical (unpaired) electrons. The van der Waals surface area contributed by atoms with E-state index >= 15 is 0 Å². The number of carbonyl (C=O) groups is 1. The normalized spacial score (nSPS) is 11.7. The van der Waals surface area contributed by atoms with E-state index < -0.39 is 28.6 Å². The van der Waals surface area contributed by atoms with E-state index in [9.17, 15) is 18.0 Å². The third kappa shape index (κ3) is 3.30. The molecule has 1 aromatic heterocycles. The van der Waals surface area contributed by atoms with E-state index in [0.717, 1.165) is 4.68 Å². The maximum absolute atomic E-state index is 12.8. The van der Waals surface area contributed by atoms with Crippen LogP contribution in [-0.2, 0) is 12.7 Å². The molecule has 0 saturated carbocycles. The van der Waals surface area contributed by atoms with Crippen molar-refractivity contribution in [2.75, 3.05) is 0 Å². The highest BCUT2D eigenvalue weighted by Crippen LogP contribution is 2.34. The van der Waals surface area contributed by atoms with Gasteiger partial charge in [0.2, 0.25) is 0 Å². The van der Waals surface area contributed by atoms with Gasteiger partial charge in [-0.15, -0.1) is 0 Å². The van der Waals surface area contributed by atoms with Crippen molar-refractivity contribution in [3.8, 4) is 0 Å². The Kier molecular flexibility index (Phi) is 4.15. The van der Waals surface area contributed by atoms with E-state index in [1.165, 1.54) is 6.07 Å². The maximum atomic E-state index is 12.8. The standard InChI is InChI=1S/C12H7Cl2F3N2O2/c13-7-3-1-2-6(4-7)5-19-10(14)8(11(20)21)9(18-19)12(15,16)17/h1-4H,5H2,(H,20,21). The highest BCUT2D eigenvalue weighted by Gasteiger charge is 2.41. The molecular weight excluding hydrogens is 332 g/mol. The van der Waals surface area contributed by atoms with Gasteiger partial charge in [0.25, 0.3) is 0 Å². The third-order valence-electron chi connectivity index (χ3n) is 2.59. The topological polar surface area (TPSA) is 55.1 Å². The van der Waals surface area contributed by atoms with E-state index in [1.807, 2.05) is 0 Å². The lowest BCUT2D eigenvalue weighted by Gasteiger charge is -2.04. The number of aromatic carboxylic acids is 1. The van der Waals surface area contributed by atoms with Gasteiger partial charge in [0, 0.05) is 5.02 Å². The maximum Gasteiger partial charge on any atom is 0.436 e. The van der Waals surface area contributed by atoms with Crippen LogP contribution in [0.1, 0.15) is 21.6 Å². The van der Waals surface area contributed by atoms with Gasteiger partial charge in [-0.2, -0.15) is 18.3 Å². The number of carboxylic acids is 1. The number of nitrogens with zero attached hydrogens (tertiary/aromatic N) is 2. The van der Waals surface area contributed by atoms with E-state index in [1.54, 1.807) is 18.2 Å². The Morgan fingerprint density at radius 1 is 1.33 bits per heavy atom. The van der Waals surface area contributed by atoms with Gasteiger partial charge < -0.3 is 5.11 Å². The fraction of sp³-hybridized carbons (Fsp3) is 0.167. The molecule has 0 aliphatic carbocycles. The molecule has 9 heteroatoms. The molecule has 0 aliphatic rings. The molecular formula is C12H7Cl2F3N2O2. The minimum atomic E-state index is -4.91. The molecule has 0 spiro atoms. The average Bonchev–Trinajstić information content (AvgIpc) is 2.67. The Morgan fingerprint density at radius 2 is 2.00 bits per heavy atom. The van der Waals surface area contributed by atoms with Crippen molar-refractivity contribution in [3.63, 3.8) is 0 Å². The van der Waals surface area contributed by atoms with Crippen LogP contribution in [0.25, 0.3) is 0 Å². The van der Waals surface area contributed by atoms with Crippen molar-refractivity contribution < 1.29 is 23.1 Å². The number of carboxylic acid groups (broad SMARTS) is 1. The summed E-state index contributed by atoms with van der Waals surface area (Å²) in [5.74, 6) is -1.79. The zero-order chi connectivity index (χ0) is 15.8. The van der Waals surface area contributed by atoms with Crippen molar-refractivity contribution >= 4 is 29.2 Å². The molecule has 0 unspecified atom stereocenters. The van der Waals surface area contributed by atoms with Gasteiger partial charge >= 0.3 is 12.1 Å². The molecule has 0 bridgehead atoms. The van der Waals surface area contributed by atoms with Crippen LogP contribution in [0.2, 0.25) is 10.2 Å². The van der Waals surface area contributed by atoms with E-state index in [-0.39, 0.29) is 6.54 Å². The minimum absolute atomic E-state index is 0.129. The first-order chi connectivity index (χ1) is 9.70. The smallest absolute Gasteiger partial charge is 0.436 e.